The second-order valence-electron chi connectivity index (χ2n) is 8.45. The van der Waals surface area contributed by atoms with E-state index in [1.54, 1.807) is 6.26 Å². The molecule has 0 bridgehead atoms. The Hall–Kier alpha value is -0.760. The summed E-state index contributed by atoms with van der Waals surface area (Å²) in [6.45, 7) is 7.83. The van der Waals surface area contributed by atoms with Crippen molar-refractivity contribution in [3.8, 4) is 0 Å². The fourth-order valence-electron chi connectivity index (χ4n) is 5.74. The van der Waals surface area contributed by atoms with Crippen molar-refractivity contribution in [3.63, 3.8) is 0 Å². The molecular formula is C20H32O2. The van der Waals surface area contributed by atoms with E-state index >= 15 is 0 Å². The van der Waals surface area contributed by atoms with Gasteiger partial charge in [-0.05, 0) is 78.7 Å². The maximum Gasteiger partial charge on any atom is 0.0934 e. The molecule has 2 saturated carbocycles. The Morgan fingerprint density at radius 1 is 1.27 bits per heavy atom. The van der Waals surface area contributed by atoms with E-state index in [-0.39, 0.29) is 0 Å². The van der Waals surface area contributed by atoms with Crippen LogP contribution >= 0.6 is 0 Å². The van der Waals surface area contributed by atoms with Crippen molar-refractivity contribution in [2.24, 2.45) is 28.6 Å². The molecule has 1 heterocycles. The zero-order valence-electron chi connectivity index (χ0n) is 14.5. The lowest BCUT2D eigenvalue weighted by Crippen LogP contribution is -2.53. The summed E-state index contributed by atoms with van der Waals surface area (Å²) in [5.74, 6) is 2.03. The predicted octanol–water partition coefficient (Wildman–Crippen LogP) is 5.06. The fraction of sp³-hybridized carbons (Fsp3) is 0.800. The van der Waals surface area contributed by atoms with Gasteiger partial charge in [0.25, 0.3) is 0 Å². The number of rotatable bonds is 4. The van der Waals surface area contributed by atoms with E-state index in [0.717, 1.165) is 18.3 Å². The Labute approximate surface area is 135 Å². The van der Waals surface area contributed by atoms with Crippen molar-refractivity contribution in [1.29, 1.82) is 0 Å². The third-order valence-electron chi connectivity index (χ3n) is 7.56. The maximum atomic E-state index is 9.90. The van der Waals surface area contributed by atoms with Crippen LogP contribution in [0.15, 0.2) is 23.0 Å². The van der Waals surface area contributed by atoms with Crippen LogP contribution in [-0.4, -0.2) is 11.7 Å². The summed E-state index contributed by atoms with van der Waals surface area (Å²) in [6.07, 6.45) is 12.5. The second kappa shape index (κ2) is 6.03. The first-order valence-corrected chi connectivity index (χ1v) is 9.12. The van der Waals surface area contributed by atoms with E-state index in [2.05, 4.69) is 26.8 Å². The average Bonchev–Trinajstić information content (AvgIpc) is 3.03. The van der Waals surface area contributed by atoms with Crippen molar-refractivity contribution in [2.75, 3.05) is 6.61 Å². The Kier molecular flexibility index (Phi) is 4.42. The molecule has 1 aromatic heterocycles. The SMILES string of the molecule is C[C@H]1CC[C@]2(C)[C@@H](CO)CCC[C@H]2[C@]1(C)CCc1ccoc1. The van der Waals surface area contributed by atoms with Crippen LogP contribution in [-0.2, 0) is 6.42 Å². The molecule has 2 aliphatic carbocycles. The number of aliphatic hydroxyl groups is 1. The van der Waals surface area contributed by atoms with Gasteiger partial charge in [0, 0.05) is 6.61 Å². The third kappa shape index (κ3) is 2.54. The topological polar surface area (TPSA) is 33.4 Å². The first-order chi connectivity index (χ1) is 10.5. The van der Waals surface area contributed by atoms with E-state index in [1.807, 2.05) is 6.26 Å². The molecule has 0 unspecified atom stereocenters. The van der Waals surface area contributed by atoms with Crippen LogP contribution in [0, 0.1) is 28.6 Å². The number of hydrogen-bond donors (Lipinski definition) is 1. The summed E-state index contributed by atoms with van der Waals surface area (Å²) in [4.78, 5) is 0. The summed E-state index contributed by atoms with van der Waals surface area (Å²) < 4.78 is 5.24. The molecule has 2 fully saturated rings. The largest absolute Gasteiger partial charge is 0.472 e. The zero-order valence-corrected chi connectivity index (χ0v) is 14.5. The van der Waals surface area contributed by atoms with Crippen LogP contribution in [0.1, 0.15) is 64.9 Å². The monoisotopic (exact) mass is 304 g/mol. The Morgan fingerprint density at radius 3 is 2.77 bits per heavy atom. The summed E-state index contributed by atoms with van der Waals surface area (Å²) in [6, 6.07) is 2.10. The zero-order chi connectivity index (χ0) is 15.8. The van der Waals surface area contributed by atoms with E-state index in [4.69, 9.17) is 4.42 Å². The Balaban J connectivity index is 1.83. The highest BCUT2D eigenvalue weighted by Gasteiger charge is 2.55. The Bertz CT molecular complexity index is 480. The molecule has 22 heavy (non-hydrogen) atoms. The molecule has 0 aliphatic heterocycles. The molecule has 2 nitrogen and oxygen atoms in total. The number of hydrogen-bond acceptors (Lipinski definition) is 2. The van der Waals surface area contributed by atoms with Gasteiger partial charge in [-0.3, -0.25) is 0 Å². The minimum atomic E-state index is 0.338. The highest BCUT2D eigenvalue weighted by atomic mass is 16.3. The molecule has 3 rings (SSSR count). The smallest absolute Gasteiger partial charge is 0.0934 e. The van der Waals surface area contributed by atoms with Crippen molar-refractivity contribution in [1.82, 2.24) is 0 Å². The van der Waals surface area contributed by atoms with Crippen molar-refractivity contribution in [2.45, 2.75) is 65.7 Å². The molecule has 0 aromatic carbocycles. The van der Waals surface area contributed by atoms with Crippen molar-refractivity contribution >= 4 is 0 Å². The molecule has 0 amide bonds. The molecule has 0 spiro atoms. The lowest BCUT2D eigenvalue weighted by molar-refractivity contribution is -0.122. The molecule has 2 aliphatic rings. The lowest BCUT2D eigenvalue weighted by atomic mass is 9.44. The molecule has 1 aromatic rings. The van der Waals surface area contributed by atoms with Crippen LogP contribution in [0.4, 0.5) is 0 Å². The molecule has 0 radical (unpaired) electrons. The first-order valence-electron chi connectivity index (χ1n) is 9.12. The fourth-order valence-corrected chi connectivity index (χ4v) is 5.74. The van der Waals surface area contributed by atoms with Gasteiger partial charge in [0.2, 0.25) is 0 Å². The van der Waals surface area contributed by atoms with Crippen LogP contribution < -0.4 is 0 Å². The van der Waals surface area contributed by atoms with Crippen molar-refractivity contribution < 1.29 is 9.52 Å². The van der Waals surface area contributed by atoms with E-state index in [9.17, 15) is 5.11 Å². The van der Waals surface area contributed by atoms with Gasteiger partial charge < -0.3 is 9.52 Å². The van der Waals surface area contributed by atoms with Gasteiger partial charge in [-0.1, -0.05) is 27.2 Å². The lowest BCUT2D eigenvalue weighted by Gasteiger charge is -2.60. The second-order valence-corrected chi connectivity index (χ2v) is 8.45. The summed E-state index contributed by atoms with van der Waals surface area (Å²) in [7, 11) is 0. The molecule has 5 atom stereocenters. The van der Waals surface area contributed by atoms with Gasteiger partial charge in [0.15, 0.2) is 0 Å². The van der Waals surface area contributed by atoms with Crippen LogP contribution in [0.5, 0.6) is 0 Å². The van der Waals surface area contributed by atoms with Gasteiger partial charge >= 0.3 is 0 Å². The van der Waals surface area contributed by atoms with Gasteiger partial charge in [-0.25, -0.2) is 0 Å². The van der Waals surface area contributed by atoms with Crippen molar-refractivity contribution in [3.05, 3.63) is 24.2 Å². The summed E-state index contributed by atoms with van der Waals surface area (Å²) in [5.41, 5.74) is 2.05. The van der Waals surface area contributed by atoms with Crippen LogP contribution in [0.25, 0.3) is 0 Å². The third-order valence-corrected chi connectivity index (χ3v) is 7.56. The van der Waals surface area contributed by atoms with Gasteiger partial charge in [0.1, 0.15) is 0 Å². The van der Waals surface area contributed by atoms with E-state index in [1.165, 1.54) is 44.1 Å². The highest BCUT2D eigenvalue weighted by Crippen LogP contribution is 2.62. The number of aliphatic hydroxyl groups excluding tert-OH is 1. The quantitative estimate of drug-likeness (QED) is 0.843. The van der Waals surface area contributed by atoms with Crippen LogP contribution in [0.3, 0.4) is 0 Å². The summed E-state index contributed by atoms with van der Waals surface area (Å²) >= 11 is 0. The molecule has 0 saturated heterocycles. The molecule has 124 valence electrons. The minimum absolute atomic E-state index is 0.338. The highest BCUT2D eigenvalue weighted by molar-refractivity contribution is 5.09. The number of furan rings is 1. The van der Waals surface area contributed by atoms with Gasteiger partial charge in [-0.15, -0.1) is 0 Å². The average molecular weight is 304 g/mol. The Morgan fingerprint density at radius 2 is 2.09 bits per heavy atom. The number of fused-ring (bicyclic) bond motifs is 1. The predicted molar refractivity (Wildman–Crippen MR) is 89.6 cm³/mol. The summed E-state index contributed by atoms with van der Waals surface area (Å²) in [5, 5.41) is 9.90. The molecular weight excluding hydrogens is 272 g/mol. The van der Waals surface area contributed by atoms with E-state index in [0.29, 0.717) is 23.4 Å². The van der Waals surface area contributed by atoms with Gasteiger partial charge in [-0.2, -0.15) is 0 Å². The normalized spacial score (nSPS) is 42.1. The minimum Gasteiger partial charge on any atom is -0.472 e. The first kappa shape index (κ1) is 16.1. The van der Waals surface area contributed by atoms with E-state index < -0.39 is 0 Å². The number of aryl methyl sites for hydroxylation is 1. The molecule has 2 heteroatoms. The standard InChI is InChI=1S/C20H32O2/c1-15-7-10-20(3)17(13-21)5-4-6-18(20)19(15,2)11-8-16-9-12-22-14-16/h9,12,14-15,17-18,21H,4-8,10-11,13H2,1-3H3/t15-,17+,18-,19+,20+/m0/s1. The van der Waals surface area contributed by atoms with Crippen LogP contribution in [0.2, 0.25) is 0 Å². The van der Waals surface area contributed by atoms with Gasteiger partial charge in [0.05, 0.1) is 12.5 Å². The maximum absolute atomic E-state index is 9.90. The molecule has 1 N–H and O–H groups in total.